The first kappa shape index (κ1) is 17.8. The second-order valence-corrected chi connectivity index (χ2v) is 7.72. The van der Waals surface area contributed by atoms with Gasteiger partial charge in [-0.15, -0.1) is 0 Å². The number of nitrogens with one attached hydrogen (secondary N) is 1. The maximum Gasteiger partial charge on any atom is 0.333 e. The zero-order valence-corrected chi connectivity index (χ0v) is 14.6. The Bertz CT molecular complexity index is 846. The molecular formula is C16H20F2N4O2S. The summed E-state index contributed by atoms with van der Waals surface area (Å²) >= 11 is 0. The summed E-state index contributed by atoms with van der Waals surface area (Å²) in [5.74, 6) is 0. The molecule has 136 valence electrons. The molecule has 6 nitrogen and oxygen atoms in total. The number of rotatable bonds is 6. The molecule has 1 N–H and O–H groups in total. The Morgan fingerprint density at radius 1 is 1.24 bits per heavy atom. The van der Waals surface area contributed by atoms with Crippen molar-refractivity contribution in [2.24, 2.45) is 0 Å². The molecule has 1 fully saturated rings. The molecule has 1 aliphatic heterocycles. The predicted octanol–water partition coefficient (Wildman–Crippen LogP) is 2.67. The first-order chi connectivity index (χ1) is 11.9. The molecule has 1 aromatic carbocycles. The molecule has 25 heavy (non-hydrogen) atoms. The van der Waals surface area contributed by atoms with E-state index in [9.17, 15) is 17.2 Å². The van der Waals surface area contributed by atoms with Crippen LogP contribution < -0.4 is 9.62 Å². The van der Waals surface area contributed by atoms with Gasteiger partial charge in [-0.3, -0.25) is 0 Å². The molecule has 0 radical (unpaired) electrons. The summed E-state index contributed by atoms with van der Waals surface area (Å²) in [6, 6.07) is 7.60. The molecule has 0 amide bonds. The zero-order valence-electron chi connectivity index (χ0n) is 13.8. The molecule has 2 aromatic rings. The third-order valence-corrected chi connectivity index (χ3v) is 5.76. The number of para-hydroxylation sites is 1. The fourth-order valence-electron chi connectivity index (χ4n) is 3.01. The topological polar surface area (TPSA) is 67.2 Å². The Morgan fingerprint density at radius 3 is 2.56 bits per heavy atom. The van der Waals surface area contributed by atoms with Crippen LogP contribution in [0.25, 0.3) is 0 Å². The normalized spacial score (nSPS) is 15.3. The monoisotopic (exact) mass is 370 g/mol. The highest BCUT2D eigenvalue weighted by molar-refractivity contribution is 7.89. The van der Waals surface area contributed by atoms with Crippen molar-refractivity contribution in [3.05, 3.63) is 41.7 Å². The molecule has 0 saturated carbocycles. The molecule has 0 atom stereocenters. The third-order valence-electron chi connectivity index (χ3n) is 4.25. The van der Waals surface area contributed by atoms with Crippen molar-refractivity contribution < 1.29 is 17.2 Å². The molecule has 2 heterocycles. The van der Waals surface area contributed by atoms with Gasteiger partial charge in [-0.25, -0.2) is 17.8 Å². The van der Waals surface area contributed by atoms with Crippen LogP contribution in [0.2, 0.25) is 0 Å². The van der Waals surface area contributed by atoms with Gasteiger partial charge >= 0.3 is 6.55 Å². The standard InChI is InChI=1S/C16H20F2N4O2S/c1-12-15(11-22(20-12)16(17)18)25(23,24)19-10-13-6-2-3-7-14(13)21-8-4-5-9-21/h2-3,6-7,11,16,19H,4-5,8-10H2,1H3. The average Bonchev–Trinajstić information content (AvgIpc) is 3.23. The van der Waals surface area contributed by atoms with Crippen molar-refractivity contribution in [2.45, 2.75) is 37.8 Å². The molecule has 9 heteroatoms. The quantitative estimate of drug-likeness (QED) is 0.849. The van der Waals surface area contributed by atoms with Crippen LogP contribution in [0.15, 0.2) is 35.4 Å². The first-order valence-corrected chi connectivity index (χ1v) is 9.53. The number of benzene rings is 1. The van der Waals surface area contributed by atoms with Crippen molar-refractivity contribution >= 4 is 15.7 Å². The van der Waals surface area contributed by atoms with Gasteiger partial charge < -0.3 is 4.90 Å². The van der Waals surface area contributed by atoms with E-state index in [4.69, 9.17) is 0 Å². The number of hydrogen-bond acceptors (Lipinski definition) is 4. The Balaban J connectivity index is 1.79. The fraction of sp³-hybridized carbons (Fsp3) is 0.438. The van der Waals surface area contributed by atoms with Gasteiger partial charge in [-0.1, -0.05) is 18.2 Å². The van der Waals surface area contributed by atoms with Gasteiger partial charge in [-0.2, -0.15) is 13.9 Å². The summed E-state index contributed by atoms with van der Waals surface area (Å²) in [6.07, 6.45) is 3.09. The van der Waals surface area contributed by atoms with E-state index in [-0.39, 0.29) is 17.1 Å². The zero-order chi connectivity index (χ0) is 18.0. The average molecular weight is 370 g/mol. The van der Waals surface area contributed by atoms with E-state index in [2.05, 4.69) is 14.7 Å². The lowest BCUT2D eigenvalue weighted by atomic mass is 10.1. The summed E-state index contributed by atoms with van der Waals surface area (Å²) in [4.78, 5) is 2.00. The summed E-state index contributed by atoms with van der Waals surface area (Å²) in [5.41, 5.74) is 1.90. The minimum absolute atomic E-state index is 0.0422. The van der Waals surface area contributed by atoms with Crippen LogP contribution in [-0.4, -0.2) is 31.3 Å². The lowest BCUT2D eigenvalue weighted by molar-refractivity contribution is 0.0561. The van der Waals surface area contributed by atoms with Crippen molar-refractivity contribution in [3.63, 3.8) is 0 Å². The number of anilines is 1. The highest BCUT2D eigenvalue weighted by atomic mass is 32.2. The molecular weight excluding hydrogens is 350 g/mol. The second kappa shape index (κ2) is 7.09. The summed E-state index contributed by atoms with van der Waals surface area (Å²) in [5, 5.41) is 3.55. The Hall–Kier alpha value is -2.00. The van der Waals surface area contributed by atoms with Gasteiger partial charge in [0.2, 0.25) is 10.0 Å². The number of aryl methyl sites for hydroxylation is 1. The van der Waals surface area contributed by atoms with Gasteiger partial charge in [0.05, 0.1) is 11.9 Å². The Kier molecular flexibility index (Phi) is 5.05. The van der Waals surface area contributed by atoms with Crippen molar-refractivity contribution in [1.82, 2.24) is 14.5 Å². The summed E-state index contributed by atoms with van der Waals surface area (Å²) in [6.45, 7) is 0.507. The molecule has 0 bridgehead atoms. The van der Waals surface area contributed by atoms with Crippen LogP contribution in [0.5, 0.6) is 0 Å². The fourth-order valence-corrected chi connectivity index (χ4v) is 4.18. The number of halogens is 2. The van der Waals surface area contributed by atoms with E-state index in [0.717, 1.165) is 43.4 Å². The molecule has 1 aliphatic rings. The van der Waals surface area contributed by atoms with E-state index in [1.165, 1.54) is 6.92 Å². The first-order valence-electron chi connectivity index (χ1n) is 8.05. The second-order valence-electron chi connectivity index (χ2n) is 5.98. The predicted molar refractivity (Wildman–Crippen MR) is 90.1 cm³/mol. The van der Waals surface area contributed by atoms with Crippen molar-refractivity contribution in [2.75, 3.05) is 18.0 Å². The molecule has 1 saturated heterocycles. The van der Waals surface area contributed by atoms with Crippen LogP contribution in [0.3, 0.4) is 0 Å². The van der Waals surface area contributed by atoms with Crippen LogP contribution in [0.4, 0.5) is 14.5 Å². The summed E-state index contributed by atoms with van der Waals surface area (Å²) in [7, 11) is -3.93. The van der Waals surface area contributed by atoms with Gasteiger partial charge in [-0.05, 0) is 31.4 Å². The molecule has 0 unspecified atom stereocenters. The molecule has 3 rings (SSSR count). The maximum absolute atomic E-state index is 12.7. The third kappa shape index (κ3) is 3.82. The summed E-state index contributed by atoms with van der Waals surface area (Å²) < 4.78 is 53.2. The van der Waals surface area contributed by atoms with Gasteiger partial charge in [0.25, 0.3) is 0 Å². The van der Waals surface area contributed by atoms with E-state index in [0.29, 0.717) is 4.68 Å². The van der Waals surface area contributed by atoms with Crippen LogP contribution in [0, 0.1) is 6.92 Å². The number of sulfonamides is 1. The molecule has 1 aromatic heterocycles. The lowest BCUT2D eigenvalue weighted by Gasteiger charge is -2.21. The van der Waals surface area contributed by atoms with Crippen LogP contribution in [0.1, 0.15) is 30.6 Å². The van der Waals surface area contributed by atoms with Crippen LogP contribution in [-0.2, 0) is 16.6 Å². The minimum Gasteiger partial charge on any atom is -0.371 e. The van der Waals surface area contributed by atoms with E-state index in [1.807, 2.05) is 24.3 Å². The lowest BCUT2D eigenvalue weighted by Crippen LogP contribution is -2.26. The number of aromatic nitrogens is 2. The largest absolute Gasteiger partial charge is 0.371 e. The Labute approximate surface area is 145 Å². The van der Waals surface area contributed by atoms with E-state index in [1.54, 1.807) is 0 Å². The minimum atomic E-state index is -3.93. The highest BCUT2D eigenvalue weighted by Crippen LogP contribution is 2.25. The van der Waals surface area contributed by atoms with E-state index < -0.39 is 16.6 Å². The highest BCUT2D eigenvalue weighted by Gasteiger charge is 2.23. The number of alkyl halides is 2. The maximum atomic E-state index is 12.7. The number of hydrogen-bond donors (Lipinski definition) is 1. The van der Waals surface area contributed by atoms with Crippen molar-refractivity contribution in [1.29, 1.82) is 0 Å². The van der Waals surface area contributed by atoms with Crippen LogP contribution >= 0.6 is 0 Å². The SMILES string of the molecule is Cc1nn(C(F)F)cc1S(=O)(=O)NCc1ccccc1N1CCCC1. The molecule has 0 aliphatic carbocycles. The van der Waals surface area contributed by atoms with Crippen molar-refractivity contribution in [3.8, 4) is 0 Å². The van der Waals surface area contributed by atoms with Gasteiger partial charge in [0, 0.05) is 25.3 Å². The van der Waals surface area contributed by atoms with Gasteiger partial charge in [0.1, 0.15) is 4.90 Å². The van der Waals surface area contributed by atoms with E-state index >= 15 is 0 Å². The number of nitrogens with zero attached hydrogens (tertiary/aromatic N) is 3. The Morgan fingerprint density at radius 2 is 1.92 bits per heavy atom. The molecule has 0 spiro atoms. The smallest absolute Gasteiger partial charge is 0.333 e. The van der Waals surface area contributed by atoms with Gasteiger partial charge in [0.15, 0.2) is 0 Å².